The molecule has 0 saturated carbocycles. The monoisotopic (exact) mass is 298 g/mol. The van der Waals surface area contributed by atoms with Gasteiger partial charge in [0.25, 0.3) is 0 Å². The number of ether oxygens (including phenoxy) is 1. The van der Waals surface area contributed by atoms with Crippen LogP contribution in [0.2, 0.25) is 0 Å². The van der Waals surface area contributed by atoms with Crippen molar-refractivity contribution in [3.8, 4) is 0 Å². The van der Waals surface area contributed by atoms with Crippen LogP contribution in [-0.4, -0.2) is 0 Å². The van der Waals surface area contributed by atoms with Crippen molar-refractivity contribution in [3.63, 3.8) is 0 Å². The first-order valence-corrected chi connectivity index (χ1v) is 6.82. The molecule has 2 aliphatic rings. The van der Waals surface area contributed by atoms with E-state index in [-0.39, 0.29) is 6.10 Å². The summed E-state index contributed by atoms with van der Waals surface area (Å²) in [5, 5.41) is 0. The summed E-state index contributed by atoms with van der Waals surface area (Å²) in [5.41, 5.74) is 3.33. The molecular formula is C16H11BrO. The molecule has 88 valence electrons. The minimum atomic E-state index is -0.401. The van der Waals surface area contributed by atoms with E-state index in [4.69, 9.17) is 4.74 Å². The van der Waals surface area contributed by atoms with Crippen molar-refractivity contribution in [2.45, 2.75) is 11.7 Å². The van der Waals surface area contributed by atoms with Gasteiger partial charge >= 0.3 is 0 Å². The molecule has 18 heavy (non-hydrogen) atoms. The molecule has 0 aromatic heterocycles. The second-order valence-corrected chi connectivity index (χ2v) is 5.55. The Bertz CT molecular complexity index is 662. The third kappa shape index (κ3) is 1.20. The molecule has 2 aromatic rings. The van der Waals surface area contributed by atoms with Gasteiger partial charge in [-0.2, -0.15) is 0 Å². The molecule has 0 spiro atoms. The zero-order chi connectivity index (χ0) is 12.2. The van der Waals surface area contributed by atoms with Crippen molar-refractivity contribution in [2.24, 2.45) is 0 Å². The molecule has 2 unspecified atom stereocenters. The predicted octanol–water partition coefficient (Wildman–Crippen LogP) is 4.33. The Hall–Kier alpha value is -1.38. The molecule has 0 radical (unpaired) electrons. The molecule has 2 heterocycles. The lowest BCUT2D eigenvalue weighted by molar-refractivity contribution is 0.0266. The quantitative estimate of drug-likeness (QED) is 0.712. The lowest BCUT2D eigenvalue weighted by atomic mass is 9.82. The molecule has 0 fully saturated rings. The first kappa shape index (κ1) is 10.5. The first-order valence-electron chi connectivity index (χ1n) is 6.03. The number of hydrogen-bond acceptors (Lipinski definition) is 1. The second kappa shape index (κ2) is 3.56. The van der Waals surface area contributed by atoms with Gasteiger partial charge in [0, 0.05) is 10.0 Å². The van der Waals surface area contributed by atoms with Crippen LogP contribution in [0.25, 0.3) is 0 Å². The van der Waals surface area contributed by atoms with Gasteiger partial charge in [-0.1, -0.05) is 64.5 Å². The molecule has 2 heteroatoms. The van der Waals surface area contributed by atoms with E-state index in [1.807, 2.05) is 6.07 Å². The number of fused-ring (bicyclic) bond motifs is 5. The van der Waals surface area contributed by atoms with Gasteiger partial charge < -0.3 is 4.74 Å². The Kier molecular flexibility index (Phi) is 2.08. The summed E-state index contributed by atoms with van der Waals surface area (Å²) in [5.74, 6) is 0. The van der Waals surface area contributed by atoms with E-state index in [0.717, 1.165) is 4.47 Å². The highest BCUT2D eigenvalue weighted by molar-refractivity contribution is 9.10. The molecule has 2 bridgehead atoms. The van der Waals surface area contributed by atoms with Crippen LogP contribution in [-0.2, 0) is 10.3 Å². The van der Waals surface area contributed by atoms with Crippen LogP contribution in [0.1, 0.15) is 22.8 Å². The van der Waals surface area contributed by atoms with E-state index in [1.165, 1.54) is 16.7 Å². The maximum Gasteiger partial charge on any atom is 0.139 e. The van der Waals surface area contributed by atoms with E-state index in [9.17, 15) is 0 Å². The van der Waals surface area contributed by atoms with Gasteiger partial charge in [0.1, 0.15) is 11.7 Å². The zero-order valence-corrected chi connectivity index (χ0v) is 11.2. The molecule has 2 atom stereocenters. The van der Waals surface area contributed by atoms with Crippen molar-refractivity contribution in [3.05, 3.63) is 81.8 Å². The van der Waals surface area contributed by atoms with Crippen molar-refractivity contribution < 1.29 is 4.74 Å². The fourth-order valence-electron chi connectivity index (χ4n) is 2.97. The molecule has 2 aliphatic heterocycles. The Morgan fingerprint density at radius 3 is 2.50 bits per heavy atom. The Morgan fingerprint density at radius 2 is 1.67 bits per heavy atom. The third-order valence-corrected chi connectivity index (χ3v) is 4.45. The number of benzene rings is 2. The van der Waals surface area contributed by atoms with Crippen molar-refractivity contribution in [1.29, 1.82) is 0 Å². The summed E-state index contributed by atoms with van der Waals surface area (Å²) in [6, 6.07) is 16.7. The van der Waals surface area contributed by atoms with Gasteiger partial charge in [0.15, 0.2) is 0 Å². The number of halogens is 1. The van der Waals surface area contributed by atoms with Crippen LogP contribution in [0.15, 0.2) is 65.2 Å². The molecule has 4 rings (SSSR count). The highest BCUT2D eigenvalue weighted by Gasteiger charge is 2.48. The zero-order valence-electron chi connectivity index (χ0n) is 9.64. The van der Waals surface area contributed by atoms with Crippen LogP contribution in [0.4, 0.5) is 0 Å². The first-order chi connectivity index (χ1) is 8.81. The average molecular weight is 299 g/mol. The molecule has 1 nitrogen and oxygen atoms in total. The van der Waals surface area contributed by atoms with Crippen LogP contribution in [0, 0.1) is 0 Å². The molecule has 0 amide bonds. The smallest absolute Gasteiger partial charge is 0.139 e. The summed E-state index contributed by atoms with van der Waals surface area (Å²) in [7, 11) is 0. The van der Waals surface area contributed by atoms with Gasteiger partial charge in [-0.25, -0.2) is 0 Å². The van der Waals surface area contributed by atoms with Crippen molar-refractivity contribution in [2.75, 3.05) is 0 Å². The van der Waals surface area contributed by atoms with Gasteiger partial charge in [0.05, 0.1) is 0 Å². The third-order valence-electron chi connectivity index (χ3n) is 3.76. The summed E-state index contributed by atoms with van der Waals surface area (Å²) < 4.78 is 7.35. The normalized spacial score (nSPS) is 27.5. The minimum Gasteiger partial charge on any atom is -0.349 e. The maximum atomic E-state index is 6.26. The highest BCUT2D eigenvalue weighted by Crippen LogP contribution is 2.54. The lowest BCUT2D eigenvalue weighted by Crippen LogP contribution is -2.22. The SMILES string of the molecule is Brc1ccccc1C12C=CC(O1)c1ccccc12. The molecular weight excluding hydrogens is 288 g/mol. The van der Waals surface area contributed by atoms with Crippen molar-refractivity contribution >= 4 is 15.9 Å². The molecule has 2 aromatic carbocycles. The summed E-state index contributed by atoms with van der Waals surface area (Å²) in [4.78, 5) is 0. The molecule has 0 N–H and O–H groups in total. The Labute approximate surface area is 114 Å². The Morgan fingerprint density at radius 1 is 0.944 bits per heavy atom. The number of rotatable bonds is 1. The van der Waals surface area contributed by atoms with Crippen LogP contribution < -0.4 is 0 Å². The Balaban J connectivity index is 2.01. The topological polar surface area (TPSA) is 9.23 Å². The van der Waals surface area contributed by atoms with Gasteiger partial charge in [-0.05, 0) is 23.3 Å². The van der Waals surface area contributed by atoms with E-state index in [1.54, 1.807) is 0 Å². The average Bonchev–Trinajstić information content (AvgIpc) is 2.98. The largest absolute Gasteiger partial charge is 0.349 e. The maximum absolute atomic E-state index is 6.26. The van der Waals surface area contributed by atoms with E-state index < -0.39 is 5.60 Å². The summed E-state index contributed by atoms with van der Waals surface area (Å²) in [6.07, 6.45) is 4.44. The van der Waals surface area contributed by atoms with E-state index >= 15 is 0 Å². The predicted molar refractivity (Wildman–Crippen MR) is 74.3 cm³/mol. The lowest BCUT2D eigenvalue weighted by Gasteiger charge is -2.26. The van der Waals surface area contributed by atoms with Crippen LogP contribution in [0.5, 0.6) is 0 Å². The highest BCUT2D eigenvalue weighted by atomic mass is 79.9. The minimum absolute atomic E-state index is 0.105. The standard InChI is InChI=1S/C16H11BrO/c17-14-8-4-3-7-13(14)16-10-9-15(18-16)11-5-1-2-6-12(11)16/h1-10,15H. The fourth-order valence-corrected chi connectivity index (χ4v) is 3.55. The van der Waals surface area contributed by atoms with Crippen LogP contribution >= 0.6 is 15.9 Å². The fraction of sp³-hybridized carbons (Fsp3) is 0.125. The van der Waals surface area contributed by atoms with Gasteiger partial charge in [-0.15, -0.1) is 0 Å². The molecule has 0 saturated heterocycles. The van der Waals surface area contributed by atoms with Crippen LogP contribution in [0.3, 0.4) is 0 Å². The van der Waals surface area contributed by atoms with Gasteiger partial charge in [-0.3, -0.25) is 0 Å². The van der Waals surface area contributed by atoms with E-state index in [2.05, 4.69) is 70.5 Å². The van der Waals surface area contributed by atoms with Gasteiger partial charge in [0.2, 0.25) is 0 Å². The summed E-state index contributed by atoms with van der Waals surface area (Å²) >= 11 is 3.64. The number of hydrogen-bond donors (Lipinski definition) is 0. The molecule has 0 aliphatic carbocycles. The van der Waals surface area contributed by atoms with E-state index in [0.29, 0.717) is 0 Å². The second-order valence-electron chi connectivity index (χ2n) is 4.70. The van der Waals surface area contributed by atoms with Crippen molar-refractivity contribution in [1.82, 2.24) is 0 Å². The summed E-state index contributed by atoms with van der Waals surface area (Å²) in [6.45, 7) is 0.